The number of halogens is 1. The molecule has 1 heterocycles. The minimum absolute atomic E-state index is 0.285. The van der Waals surface area contributed by atoms with Crippen LogP contribution in [0.15, 0.2) is 18.2 Å². The summed E-state index contributed by atoms with van der Waals surface area (Å²) in [7, 11) is 0. The highest BCUT2D eigenvalue weighted by molar-refractivity contribution is 6.09. The van der Waals surface area contributed by atoms with Crippen LogP contribution in [0.4, 0.5) is 14.9 Å². The van der Waals surface area contributed by atoms with Gasteiger partial charge in [0.25, 0.3) is 5.91 Å². The number of amides is 4. The fraction of sp³-hybridized carbons (Fsp3) is 0.526. The van der Waals surface area contributed by atoms with Gasteiger partial charge in [-0.25, -0.2) is 9.18 Å². The van der Waals surface area contributed by atoms with Crippen LogP contribution in [0.2, 0.25) is 0 Å². The number of carbonyl (C=O) groups is 3. The number of carbonyl (C=O) groups excluding carboxylic acids is 3. The molecular weight excluding hydrogens is 337 g/mol. The lowest BCUT2D eigenvalue weighted by atomic mass is 9.94. The van der Waals surface area contributed by atoms with Crippen molar-refractivity contribution in [1.82, 2.24) is 10.2 Å². The molecule has 1 saturated heterocycles. The standard InChI is InChI=1S/C19H26FN3O3/c1-4-5-6-7-10-19(3)17(25)23(18(26)22-19)12-16(24)21-14-9-8-13(2)15(20)11-14/h8-9,11H,4-7,10,12H2,1-3H3,(H,21,24)(H,22,26). The van der Waals surface area contributed by atoms with Crippen LogP contribution < -0.4 is 10.6 Å². The van der Waals surface area contributed by atoms with Crippen molar-refractivity contribution < 1.29 is 18.8 Å². The zero-order valence-electron chi connectivity index (χ0n) is 15.5. The van der Waals surface area contributed by atoms with E-state index < -0.39 is 35.7 Å². The molecule has 0 saturated carbocycles. The predicted molar refractivity (Wildman–Crippen MR) is 97.2 cm³/mol. The number of nitrogens with zero attached hydrogens (tertiary/aromatic N) is 1. The van der Waals surface area contributed by atoms with E-state index in [-0.39, 0.29) is 5.69 Å². The zero-order valence-corrected chi connectivity index (χ0v) is 15.5. The summed E-state index contributed by atoms with van der Waals surface area (Å²) in [5.41, 5.74) is -0.218. The molecule has 4 amide bonds. The summed E-state index contributed by atoms with van der Waals surface area (Å²) in [6, 6.07) is 3.75. The molecule has 1 aromatic carbocycles. The van der Waals surface area contributed by atoms with Gasteiger partial charge in [0.05, 0.1) is 0 Å². The first-order chi connectivity index (χ1) is 12.3. The van der Waals surface area contributed by atoms with Crippen LogP contribution >= 0.6 is 0 Å². The van der Waals surface area contributed by atoms with E-state index in [9.17, 15) is 18.8 Å². The highest BCUT2D eigenvalue weighted by Crippen LogP contribution is 2.24. The molecule has 0 spiro atoms. The summed E-state index contributed by atoms with van der Waals surface area (Å²) in [6.45, 7) is 5.01. The Balaban J connectivity index is 1.95. The number of benzene rings is 1. The summed E-state index contributed by atoms with van der Waals surface area (Å²) in [5.74, 6) is -1.38. The Morgan fingerprint density at radius 2 is 2.00 bits per heavy atom. The van der Waals surface area contributed by atoms with E-state index in [4.69, 9.17) is 0 Å². The molecule has 1 aromatic rings. The Labute approximate surface area is 153 Å². The van der Waals surface area contributed by atoms with Crippen LogP contribution in [0.1, 0.15) is 51.5 Å². The third kappa shape index (κ3) is 4.59. The summed E-state index contributed by atoms with van der Waals surface area (Å²) < 4.78 is 13.6. The van der Waals surface area contributed by atoms with E-state index in [1.54, 1.807) is 26.0 Å². The van der Waals surface area contributed by atoms with Gasteiger partial charge in [0.2, 0.25) is 5.91 Å². The van der Waals surface area contributed by atoms with Crippen LogP contribution in [0.5, 0.6) is 0 Å². The molecule has 2 rings (SSSR count). The number of anilines is 1. The largest absolute Gasteiger partial charge is 0.325 e. The van der Waals surface area contributed by atoms with E-state index >= 15 is 0 Å². The van der Waals surface area contributed by atoms with E-state index in [2.05, 4.69) is 17.6 Å². The lowest BCUT2D eigenvalue weighted by molar-refractivity contribution is -0.133. The molecule has 1 aliphatic heterocycles. The molecule has 0 bridgehead atoms. The second-order valence-corrected chi connectivity index (χ2v) is 6.98. The molecule has 7 heteroatoms. The van der Waals surface area contributed by atoms with Crippen molar-refractivity contribution in [2.24, 2.45) is 0 Å². The molecule has 1 atom stereocenters. The molecular formula is C19H26FN3O3. The van der Waals surface area contributed by atoms with E-state index in [0.717, 1.165) is 30.6 Å². The fourth-order valence-corrected chi connectivity index (χ4v) is 2.98. The average molecular weight is 363 g/mol. The first-order valence-electron chi connectivity index (χ1n) is 8.97. The number of imide groups is 1. The van der Waals surface area contributed by atoms with Gasteiger partial charge in [-0.2, -0.15) is 0 Å². The first kappa shape index (κ1) is 19.9. The summed E-state index contributed by atoms with van der Waals surface area (Å²) >= 11 is 0. The minimum Gasteiger partial charge on any atom is -0.324 e. The number of hydrogen-bond donors (Lipinski definition) is 2. The number of aryl methyl sites for hydroxylation is 1. The molecule has 1 fully saturated rings. The van der Waals surface area contributed by atoms with Gasteiger partial charge in [-0.05, 0) is 38.0 Å². The number of rotatable bonds is 8. The maximum atomic E-state index is 13.6. The van der Waals surface area contributed by atoms with Crippen LogP contribution in [0.25, 0.3) is 0 Å². The average Bonchev–Trinajstić information content (AvgIpc) is 2.79. The van der Waals surface area contributed by atoms with Gasteiger partial charge in [0, 0.05) is 5.69 Å². The van der Waals surface area contributed by atoms with Crippen molar-refractivity contribution in [3.8, 4) is 0 Å². The number of unbranched alkanes of at least 4 members (excludes halogenated alkanes) is 3. The highest BCUT2D eigenvalue weighted by atomic mass is 19.1. The monoisotopic (exact) mass is 363 g/mol. The van der Waals surface area contributed by atoms with Crippen molar-refractivity contribution in [2.45, 2.75) is 58.4 Å². The van der Waals surface area contributed by atoms with Crippen LogP contribution in [0, 0.1) is 12.7 Å². The van der Waals surface area contributed by atoms with Crippen molar-refractivity contribution >= 4 is 23.5 Å². The maximum absolute atomic E-state index is 13.6. The lowest BCUT2D eigenvalue weighted by Crippen LogP contribution is -2.44. The summed E-state index contributed by atoms with van der Waals surface area (Å²) in [4.78, 5) is 37.8. The Morgan fingerprint density at radius 1 is 1.27 bits per heavy atom. The van der Waals surface area contributed by atoms with Gasteiger partial charge in [-0.15, -0.1) is 0 Å². The van der Waals surface area contributed by atoms with E-state index in [0.29, 0.717) is 12.0 Å². The Kier molecular flexibility index (Phi) is 6.34. The van der Waals surface area contributed by atoms with Gasteiger partial charge >= 0.3 is 6.03 Å². The predicted octanol–water partition coefficient (Wildman–Crippen LogP) is 3.35. The third-order valence-electron chi connectivity index (χ3n) is 4.63. The van der Waals surface area contributed by atoms with Crippen molar-refractivity contribution in [3.63, 3.8) is 0 Å². The highest BCUT2D eigenvalue weighted by Gasteiger charge is 2.47. The molecule has 0 aromatic heterocycles. The summed E-state index contributed by atoms with van der Waals surface area (Å²) in [5, 5.41) is 5.20. The van der Waals surface area contributed by atoms with Crippen LogP contribution in [0.3, 0.4) is 0 Å². The zero-order chi connectivity index (χ0) is 19.3. The molecule has 1 unspecified atom stereocenters. The van der Waals surface area contributed by atoms with Crippen LogP contribution in [-0.4, -0.2) is 34.8 Å². The van der Waals surface area contributed by atoms with Crippen molar-refractivity contribution in [1.29, 1.82) is 0 Å². The SMILES string of the molecule is CCCCCCC1(C)NC(=O)N(CC(=O)Nc2ccc(C)c(F)c2)C1=O. The molecule has 0 radical (unpaired) electrons. The molecule has 142 valence electrons. The fourth-order valence-electron chi connectivity index (χ4n) is 2.98. The van der Waals surface area contributed by atoms with Gasteiger partial charge < -0.3 is 10.6 Å². The van der Waals surface area contributed by atoms with Gasteiger partial charge in [-0.3, -0.25) is 14.5 Å². The minimum atomic E-state index is -0.971. The Hall–Kier alpha value is -2.44. The molecule has 2 N–H and O–H groups in total. The molecule has 26 heavy (non-hydrogen) atoms. The Bertz CT molecular complexity index is 707. The quantitative estimate of drug-likeness (QED) is 0.549. The van der Waals surface area contributed by atoms with Gasteiger partial charge in [-0.1, -0.05) is 38.7 Å². The van der Waals surface area contributed by atoms with Gasteiger partial charge in [0.15, 0.2) is 0 Å². The maximum Gasteiger partial charge on any atom is 0.325 e. The normalized spacial score (nSPS) is 19.6. The Morgan fingerprint density at radius 3 is 2.65 bits per heavy atom. The smallest absolute Gasteiger partial charge is 0.324 e. The number of nitrogens with one attached hydrogen (secondary N) is 2. The molecule has 6 nitrogen and oxygen atoms in total. The molecule has 0 aliphatic carbocycles. The topological polar surface area (TPSA) is 78.5 Å². The van der Waals surface area contributed by atoms with Gasteiger partial charge in [0.1, 0.15) is 17.9 Å². The number of urea groups is 1. The van der Waals surface area contributed by atoms with E-state index in [1.807, 2.05) is 0 Å². The second kappa shape index (κ2) is 8.29. The third-order valence-corrected chi connectivity index (χ3v) is 4.63. The number of hydrogen-bond acceptors (Lipinski definition) is 3. The van der Waals surface area contributed by atoms with Crippen molar-refractivity contribution in [3.05, 3.63) is 29.6 Å². The van der Waals surface area contributed by atoms with E-state index in [1.165, 1.54) is 6.07 Å². The molecule has 1 aliphatic rings. The lowest BCUT2D eigenvalue weighted by Gasteiger charge is -2.21. The van der Waals surface area contributed by atoms with Crippen LogP contribution in [-0.2, 0) is 9.59 Å². The second-order valence-electron chi connectivity index (χ2n) is 6.98. The van der Waals surface area contributed by atoms with Crippen molar-refractivity contribution in [2.75, 3.05) is 11.9 Å². The first-order valence-corrected chi connectivity index (χ1v) is 8.97. The summed E-state index contributed by atoms with van der Waals surface area (Å²) in [6.07, 6.45) is 4.53.